The third kappa shape index (κ3) is 2.78. The zero-order valence-corrected chi connectivity index (χ0v) is 14.9. The summed E-state index contributed by atoms with van der Waals surface area (Å²) in [6.07, 6.45) is 2.80. The van der Waals surface area contributed by atoms with Crippen LogP contribution < -0.4 is 4.74 Å². The Morgan fingerprint density at radius 2 is 2.16 bits per heavy atom. The molecule has 1 aromatic carbocycles. The van der Waals surface area contributed by atoms with Crippen molar-refractivity contribution in [3.05, 3.63) is 47.3 Å². The molecule has 6 nitrogen and oxygen atoms in total. The van der Waals surface area contributed by atoms with Gasteiger partial charge in [0, 0.05) is 18.5 Å². The Morgan fingerprint density at radius 3 is 2.96 bits per heavy atom. The van der Waals surface area contributed by atoms with Gasteiger partial charge < -0.3 is 4.74 Å². The summed E-state index contributed by atoms with van der Waals surface area (Å²) in [5, 5.41) is 5.23. The second-order valence-corrected chi connectivity index (χ2v) is 7.16. The molecule has 0 radical (unpaired) electrons. The number of thioether (sulfide) groups is 1. The highest BCUT2D eigenvalue weighted by molar-refractivity contribution is 7.99. The Morgan fingerprint density at radius 1 is 1.32 bits per heavy atom. The zero-order chi connectivity index (χ0) is 17.4. The van der Waals surface area contributed by atoms with Gasteiger partial charge in [0.15, 0.2) is 5.78 Å². The van der Waals surface area contributed by atoms with E-state index >= 15 is 0 Å². The van der Waals surface area contributed by atoms with E-state index in [0.29, 0.717) is 29.3 Å². The molecular weight excluding hydrogens is 336 g/mol. The first kappa shape index (κ1) is 16.1. The smallest absolute Gasteiger partial charge is 0.253 e. The molecule has 2 heterocycles. The number of ether oxygens (including phenoxy) is 1. The normalized spacial score (nSPS) is 16.9. The minimum absolute atomic E-state index is 0.0632. The summed E-state index contributed by atoms with van der Waals surface area (Å²) >= 11 is 1.57. The van der Waals surface area contributed by atoms with E-state index in [0.717, 1.165) is 22.8 Å². The van der Waals surface area contributed by atoms with Gasteiger partial charge in [-0.05, 0) is 23.8 Å². The van der Waals surface area contributed by atoms with Crippen molar-refractivity contribution in [3.63, 3.8) is 0 Å². The van der Waals surface area contributed by atoms with Crippen molar-refractivity contribution in [1.29, 1.82) is 0 Å². The molecule has 0 fully saturated rings. The molecule has 0 spiro atoms. The van der Waals surface area contributed by atoms with Gasteiger partial charge in [-0.15, -0.1) is 5.10 Å². The minimum atomic E-state index is 0.0632. The summed E-state index contributed by atoms with van der Waals surface area (Å²) < 4.78 is 7.21. The highest BCUT2D eigenvalue weighted by Gasteiger charge is 2.30. The number of nitrogens with zero attached hydrogens (tertiary/aromatic N) is 4. The van der Waals surface area contributed by atoms with E-state index in [1.165, 1.54) is 0 Å². The number of rotatable bonds is 4. The number of ketones is 1. The molecule has 1 atom stereocenters. The summed E-state index contributed by atoms with van der Waals surface area (Å²) in [4.78, 5) is 21.4. The fourth-order valence-electron chi connectivity index (χ4n) is 3.34. The monoisotopic (exact) mass is 354 g/mol. The number of hydrogen-bond donors (Lipinski definition) is 0. The SMILES string of the molecule is CCSc1nc2ncc3c(n2n1)CC(c1ccccc1OC)CC3=O. The van der Waals surface area contributed by atoms with Gasteiger partial charge in [-0.2, -0.15) is 9.50 Å². The van der Waals surface area contributed by atoms with E-state index in [1.54, 1.807) is 29.6 Å². The molecule has 128 valence electrons. The maximum absolute atomic E-state index is 12.7. The first-order valence-corrected chi connectivity index (χ1v) is 9.23. The lowest BCUT2D eigenvalue weighted by Gasteiger charge is -2.25. The van der Waals surface area contributed by atoms with Crippen LogP contribution in [0.15, 0.2) is 35.6 Å². The molecule has 1 aliphatic carbocycles. The molecule has 0 bridgehead atoms. The molecule has 0 aliphatic heterocycles. The van der Waals surface area contributed by atoms with Gasteiger partial charge in [0.05, 0.1) is 18.4 Å². The molecule has 3 aromatic rings. The average Bonchev–Trinajstić information content (AvgIpc) is 3.05. The van der Waals surface area contributed by atoms with Crippen LogP contribution in [0.4, 0.5) is 0 Å². The molecule has 0 amide bonds. The second-order valence-electron chi connectivity index (χ2n) is 5.93. The number of aromatic nitrogens is 4. The van der Waals surface area contributed by atoms with E-state index in [2.05, 4.69) is 22.0 Å². The highest BCUT2D eigenvalue weighted by Crippen LogP contribution is 2.36. The number of carbonyl (C=O) groups is 1. The third-order valence-corrected chi connectivity index (χ3v) is 5.19. The van der Waals surface area contributed by atoms with Gasteiger partial charge in [-0.25, -0.2) is 4.98 Å². The number of para-hydroxylation sites is 1. The summed E-state index contributed by atoms with van der Waals surface area (Å²) in [5.41, 5.74) is 2.58. The van der Waals surface area contributed by atoms with Crippen LogP contribution in [0.3, 0.4) is 0 Å². The van der Waals surface area contributed by atoms with Gasteiger partial charge >= 0.3 is 0 Å². The first-order valence-electron chi connectivity index (χ1n) is 8.24. The Bertz CT molecular complexity index is 953. The van der Waals surface area contributed by atoms with Crippen molar-refractivity contribution >= 4 is 23.3 Å². The molecule has 2 aromatic heterocycles. The van der Waals surface area contributed by atoms with E-state index < -0.39 is 0 Å². The van der Waals surface area contributed by atoms with Crippen LogP contribution in [0.5, 0.6) is 5.75 Å². The summed E-state index contributed by atoms with van der Waals surface area (Å²) in [7, 11) is 1.66. The van der Waals surface area contributed by atoms with Crippen molar-refractivity contribution in [3.8, 4) is 5.75 Å². The fraction of sp³-hybridized carbons (Fsp3) is 0.333. The quantitative estimate of drug-likeness (QED) is 0.670. The largest absolute Gasteiger partial charge is 0.496 e. The Kier molecular flexibility index (Phi) is 4.17. The lowest BCUT2D eigenvalue weighted by Crippen LogP contribution is -2.22. The van der Waals surface area contributed by atoms with Gasteiger partial charge in [-0.1, -0.05) is 36.9 Å². The van der Waals surface area contributed by atoms with Crippen LogP contribution in [0, 0.1) is 0 Å². The number of methoxy groups -OCH3 is 1. The molecule has 1 aliphatic rings. The molecule has 0 saturated heterocycles. The Hall–Kier alpha value is -2.41. The molecular formula is C18H18N4O2S. The van der Waals surface area contributed by atoms with Gasteiger partial charge in [0.1, 0.15) is 5.75 Å². The molecule has 0 N–H and O–H groups in total. The van der Waals surface area contributed by atoms with Crippen molar-refractivity contribution in [1.82, 2.24) is 19.6 Å². The predicted molar refractivity (Wildman–Crippen MR) is 95.6 cm³/mol. The van der Waals surface area contributed by atoms with Crippen molar-refractivity contribution < 1.29 is 9.53 Å². The highest BCUT2D eigenvalue weighted by atomic mass is 32.2. The van der Waals surface area contributed by atoms with E-state index in [1.807, 2.05) is 24.3 Å². The molecule has 1 unspecified atom stereocenters. The van der Waals surface area contributed by atoms with Crippen LogP contribution in [-0.4, -0.2) is 38.2 Å². The standard InChI is InChI=1S/C18H18N4O2S/c1-3-25-18-20-17-19-10-13-14(22(17)21-18)8-11(9-15(13)23)12-6-4-5-7-16(12)24-2/h4-7,10-11H,3,8-9H2,1-2H3. The van der Waals surface area contributed by atoms with E-state index in [9.17, 15) is 4.79 Å². The molecule has 25 heavy (non-hydrogen) atoms. The van der Waals surface area contributed by atoms with E-state index in [4.69, 9.17) is 4.74 Å². The number of fused-ring (bicyclic) bond motifs is 3. The number of benzene rings is 1. The van der Waals surface area contributed by atoms with Crippen molar-refractivity contribution in [2.75, 3.05) is 12.9 Å². The minimum Gasteiger partial charge on any atom is -0.496 e. The molecule has 7 heteroatoms. The van der Waals surface area contributed by atoms with Crippen LogP contribution >= 0.6 is 11.8 Å². The maximum Gasteiger partial charge on any atom is 0.253 e. The number of hydrogen-bond acceptors (Lipinski definition) is 6. The maximum atomic E-state index is 12.7. The molecule has 0 saturated carbocycles. The first-order chi connectivity index (χ1) is 12.2. The average molecular weight is 354 g/mol. The van der Waals surface area contributed by atoms with Crippen molar-refractivity contribution in [2.45, 2.75) is 30.8 Å². The van der Waals surface area contributed by atoms with Crippen LogP contribution in [0.2, 0.25) is 0 Å². The van der Waals surface area contributed by atoms with Gasteiger partial charge in [0.25, 0.3) is 5.78 Å². The fourth-order valence-corrected chi connectivity index (χ4v) is 3.89. The zero-order valence-electron chi connectivity index (χ0n) is 14.1. The van der Waals surface area contributed by atoms with Crippen LogP contribution in [-0.2, 0) is 6.42 Å². The second kappa shape index (κ2) is 6.48. The summed E-state index contributed by atoms with van der Waals surface area (Å²) in [6, 6.07) is 7.88. The predicted octanol–water partition coefficient (Wildman–Crippen LogP) is 3.16. The number of Topliss-reactive ketones (excluding diaryl/α,β-unsaturated/α-hetero) is 1. The Labute approximate surface area is 149 Å². The van der Waals surface area contributed by atoms with Crippen LogP contribution in [0.25, 0.3) is 5.78 Å². The third-order valence-electron chi connectivity index (χ3n) is 4.47. The van der Waals surface area contributed by atoms with Gasteiger partial charge in [-0.3, -0.25) is 4.79 Å². The summed E-state index contributed by atoms with van der Waals surface area (Å²) in [6.45, 7) is 2.06. The van der Waals surface area contributed by atoms with Crippen LogP contribution in [0.1, 0.15) is 40.9 Å². The topological polar surface area (TPSA) is 69.4 Å². The Balaban J connectivity index is 1.80. The van der Waals surface area contributed by atoms with Crippen molar-refractivity contribution in [2.24, 2.45) is 0 Å². The number of carbonyl (C=O) groups excluding carboxylic acids is 1. The lowest BCUT2D eigenvalue weighted by molar-refractivity contribution is 0.0961. The molecule has 4 rings (SSSR count). The van der Waals surface area contributed by atoms with Gasteiger partial charge in [0.2, 0.25) is 5.16 Å². The van der Waals surface area contributed by atoms with E-state index in [-0.39, 0.29) is 11.7 Å². The summed E-state index contributed by atoms with van der Waals surface area (Å²) in [5.74, 6) is 2.40. The lowest BCUT2D eigenvalue weighted by atomic mass is 9.82.